The van der Waals surface area contributed by atoms with Crippen LogP contribution in [0.2, 0.25) is 0 Å². The fourth-order valence-corrected chi connectivity index (χ4v) is 5.00. The normalized spacial score (nSPS) is 19.7. The Hall–Kier alpha value is -4.02. The van der Waals surface area contributed by atoms with Gasteiger partial charge in [0.2, 0.25) is 17.0 Å². The molecule has 11 nitrogen and oxygen atoms in total. The van der Waals surface area contributed by atoms with Crippen molar-refractivity contribution >= 4 is 23.7 Å². The van der Waals surface area contributed by atoms with E-state index in [0.717, 1.165) is 51.4 Å². The number of rotatable bonds is 4. The van der Waals surface area contributed by atoms with Crippen LogP contribution >= 0.6 is 0 Å². The van der Waals surface area contributed by atoms with E-state index >= 15 is 0 Å². The number of hydrogen-bond donors (Lipinski definition) is 4. The predicted octanol–water partition coefficient (Wildman–Crippen LogP) is 2.27. The quantitative estimate of drug-likeness (QED) is 0.457. The number of aliphatic imine (C=N–C) groups is 1. The molecule has 1 spiro atoms. The Morgan fingerprint density at radius 1 is 0.838 bits per heavy atom. The Morgan fingerprint density at radius 3 is 2.03 bits per heavy atom. The van der Waals surface area contributed by atoms with Crippen LogP contribution in [0.15, 0.2) is 51.0 Å². The number of hydrogen-bond acceptors (Lipinski definition) is 7. The largest absolute Gasteiger partial charge is 0.480 e. The summed E-state index contributed by atoms with van der Waals surface area (Å²) >= 11 is 0. The third kappa shape index (κ3) is 5.87. The fourth-order valence-electron chi connectivity index (χ4n) is 5.00. The zero-order chi connectivity index (χ0) is 26.5. The second-order valence-electron chi connectivity index (χ2n) is 9.66. The summed E-state index contributed by atoms with van der Waals surface area (Å²) in [7, 11) is 0. The van der Waals surface area contributed by atoms with Gasteiger partial charge in [-0.15, -0.1) is 0 Å². The third-order valence-corrected chi connectivity index (χ3v) is 7.05. The zero-order valence-electron chi connectivity index (χ0n) is 20.4. The lowest BCUT2D eigenvalue weighted by Gasteiger charge is -2.33. The molecule has 1 aliphatic heterocycles. The van der Waals surface area contributed by atoms with Gasteiger partial charge >= 0.3 is 11.9 Å². The van der Waals surface area contributed by atoms with Gasteiger partial charge in [-0.1, -0.05) is 50.7 Å². The molecule has 0 radical (unpaired) electrons. The van der Waals surface area contributed by atoms with Gasteiger partial charge in [0.1, 0.15) is 16.9 Å². The molecule has 37 heavy (non-hydrogen) atoms. The van der Waals surface area contributed by atoms with Crippen LogP contribution in [0.1, 0.15) is 80.4 Å². The van der Waals surface area contributed by atoms with Crippen LogP contribution in [0.5, 0.6) is 0 Å². The molecular weight excluding hydrogens is 480 g/mol. The van der Waals surface area contributed by atoms with Crippen molar-refractivity contribution in [1.82, 2.24) is 15.3 Å². The van der Waals surface area contributed by atoms with E-state index < -0.39 is 23.0 Å². The van der Waals surface area contributed by atoms with Crippen LogP contribution in [0.25, 0.3) is 0 Å². The molecule has 3 aliphatic rings. The van der Waals surface area contributed by atoms with Gasteiger partial charge in [-0.3, -0.25) is 14.4 Å². The van der Waals surface area contributed by atoms with Crippen molar-refractivity contribution < 1.29 is 24.2 Å². The van der Waals surface area contributed by atoms with Crippen molar-refractivity contribution in [2.75, 3.05) is 0 Å². The highest BCUT2D eigenvalue weighted by Crippen LogP contribution is 2.36. The molecule has 2 saturated carbocycles. The van der Waals surface area contributed by atoms with Gasteiger partial charge in [-0.25, -0.2) is 14.6 Å². The van der Waals surface area contributed by atoms with Gasteiger partial charge in [0.05, 0.1) is 0 Å². The van der Waals surface area contributed by atoms with Gasteiger partial charge in [-0.05, 0) is 37.8 Å². The van der Waals surface area contributed by atoms with Gasteiger partial charge in [0.15, 0.2) is 5.54 Å². The lowest BCUT2D eigenvalue weighted by atomic mass is 9.81. The van der Waals surface area contributed by atoms with E-state index in [2.05, 4.69) is 20.3 Å². The standard InChI is InChI=1S/C13H16N2O4.C13H14N2O3/c16-10-6-4-5-9(14-10)11(17)15-13(12(18)19)7-2-1-3-8-13;16-10-6-4-5-9(14-10)11-15-13(12(17)18-11)7-2-1-3-8-13/h4-6H,1-3,7-8H2,(H,14,16)(H,15,17)(H,18,19);4-6H,1-3,7-8H2,(H,14,16). The smallest absolute Gasteiger partial charge is 0.340 e. The number of carboxylic acid groups (broad SMARTS) is 1. The van der Waals surface area contributed by atoms with E-state index in [-0.39, 0.29) is 28.7 Å². The van der Waals surface area contributed by atoms with Gasteiger partial charge in [0, 0.05) is 12.1 Å². The molecule has 4 N–H and O–H groups in total. The number of carbonyl (C=O) groups excluding carboxylic acids is 2. The summed E-state index contributed by atoms with van der Waals surface area (Å²) in [5, 5.41) is 11.9. The van der Waals surface area contributed by atoms with Crippen LogP contribution in [0, 0.1) is 0 Å². The summed E-state index contributed by atoms with van der Waals surface area (Å²) in [6, 6.07) is 8.93. The van der Waals surface area contributed by atoms with E-state index in [1.165, 1.54) is 24.3 Å². The summed E-state index contributed by atoms with van der Waals surface area (Å²) in [6.45, 7) is 0. The maximum Gasteiger partial charge on any atom is 0.340 e. The minimum Gasteiger partial charge on any atom is -0.480 e. The number of amides is 1. The first-order chi connectivity index (χ1) is 17.7. The van der Waals surface area contributed by atoms with Crippen molar-refractivity contribution in [3.05, 3.63) is 68.5 Å². The summed E-state index contributed by atoms with van der Waals surface area (Å²) in [5.74, 6) is -1.60. The number of cyclic esters (lactones) is 1. The first kappa shape index (κ1) is 26.1. The van der Waals surface area contributed by atoms with Crippen LogP contribution in [0.3, 0.4) is 0 Å². The molecule has 1 amide bonds. The Balaban J connectivity index is 0.000000173. The highest BCUT2D eigenvalue weighted by molar-refractivity contribution is 6.07. The minimum atomic E-state index is -1.21. The van der Waals surface area contributed by atoms with Crippen molar-refractivity contribution in [2.45, 2.75) is 75.3 Å². The van der Waals surface area contributed by atoms with Crippen molar-refractivity contribution in [3.8, 4) is 0 Å². The van der Waals surface area contributed by atoms with Crippen LogP contribution < -0.4 is 16.4 Å². The molecule has 2 fully saturated rings. The van der Waals surface area contributed by atoms with Gasteiger partial charge in [-0.2, -0.15) is 0 Å². The SMILES string of the molecule is O=C(NC1(C(=O)O)CCCCC1)c1cccc(=O)[nH]1.O=C1OC(c2cccc(=O)[nH]2)=NC12CCCCC2. The van der Waals surface area contributed by atoms with E-state index in [9.17, 15) is 29.1 Å². The van der Waals surface area contributed by atoms with Crippen molar-refractivity contribution in [2.24, 2.45) is 4.99 Å². The fraction of sp³-hybridized carbons (Fsp3) is 0.462. The lowest BCUT2D eigenvalue weighted by Crippen LogP contribution is -2.55. The minimum absolute atomic E-state index is 0.0821. The number of esters is 1. The van der Waals surface area contributed by atoms with Crippen LogP contribution in [-0.2, 0) is 14.3 Å². The number of carbonyl (C=O) groups is 3. The molecule has 5 rings (SSSR count). The molecule has 0 saturated heterocycles. The number of carboxylic acids is 1. The second kappa shape index (κ2) is 10.9. The number of pyridine rings is 2. The third-order valence-electron chi connectivity index (χ3n) is 7.05. The molecule has 0 atom stereocenters. The van der Waals surface area contributed by atoms with Crippen molar-refractivity contribution in [1.29, 1.82) is 0 Å². The van der Waals surface area contributed by atoms with Crippen LogP contribution in [0.4, 0.5) is 0 Å². The number of ether oxygens (including phenoxy) is 1. The average Bonchev–Trinajstić information content (AvgIpc) is 3.20. The highest BCUT2D eigenvalue weighted by atomic mass is 16.6. The number of nitrogens with zero attached hydrogens (tertiary/aromatic N) is 1. The monoisotopic (exact) mass is 510 g/mol. The maximum atomic E-state index is 12.0. The van der Waals surface area contributed by atoms with Crippen molar-refractivity contribution in [3.63, 3.8) is 0 Å². The molecular formula is C26H30N4O7. The molecule has 0 unspecified atom stereocenters. The first-order valence-corrected chi connectivity index (χ1v) is 12.5. The van der Waals surface area contributed by atoms with Crippen LogP contribution in [-0.4, -0.2) is 49.9 Å². The summed E-state index contributed by atoms with van der Waals surface area (Å²) in [4.78, 5) is 67.3. The van der Waals surface area contributed by atoms with E-state index in [0.29, 0.717) is 18.5 Å². The molecule has 3 heterocycles. The number of nitrogens with one attached hydrogen (secondary N) is 3. The molecule has 2 aromatic rings. The summed E-state index contributed by atoms with van der Waals surface area (Å²) in [6.07, 6.45) is 7.99. The average molecular weight is 511 g/mol. The summed E-state index contributed by atoms with van der Waals surface area (Å²) in [5.41, 5.74) is -1.96. The predicted molar refractivity (Wildman–Crippen MR) is 133 cm³/mol. The number of aromatic amines is 2. The van der Waals surface area contributed by atoms with E-state index in [1.54, 1.807) is 12.1 Å². The molecule has 2 aliphatic carbocycles. The highest BCUT2D eigenvalue weighted by Gasteiger charge is 2.47. The number of aliphatic carboxylic acids is 1. The van der Waals surface area contributed by atoms with E-state index in [4.69, 9.17) is 4.74 Å². The Morgan fingerprint density at radius 2 is 1.43 bits per heavy atom. The second-order valence-corrected chi connectivity index (χ2v) is 9.66. The summed E-state index contributed by atoms with van der Waals surface area (Å²) < 4.78 is 5.24. The maximum absolute atomic E-state index is 12.0. The molecule has 2 aromatic heterocycles. The Labute approximate surface area is 212 Å². The van der Waals surface area contributed by atoms with Gasteiger partial charge < -0.3 is 25.1 Å². The zero-order valence-corrected chi connectivity index (χ0v) is 20.4. The first-order valence-electron chi connectivity index (χ1n) is 12.5. The van der Waals surface area contributed by atoms with Gasteiger partial charge in [0.25, 0.3) is 5.91 Å². The molecule has 0 bridgehead atoms. The molecule has 196 valence electrons. The van der Waals surface area contributed by atoms with E-state index in [1.807, 2.05) is 0 Å². The Kier molecular flexibility index (Phi) is 7.70. The topological polar surface area (TPSA) is 171 Å². The molecule has 11 heteroatoms. The Bertz CT molecular complexity index is 1310. The lowest BCUT2D eigenvalue weighted by molar-refractivity contribution is -0.146. The molecule has 0 aromatic carbocycles. The number of H-pyrrole nitrogens is 2. The number of aromatic nitrogens is 2.